The van der Waals surface area contributed by atoms with E-state index in [1.54, 1.807) is 19.4 Å². The monoisotopic (exact) mass is 258 g/mol. The number of ether oxygens (including phenoxy) is 1. The van der Waals surface area contributed by atoms with Crippen molar-refractivity contribution in [1.29, 1.82) is 0 Å². The van der Waals surface area contributed by atoms with Gasteiger partial charge in [-0.2, -0.15) is 4.98 Å². The maximum atomic E-state index is 5.97. The normalized spacial score (nSPS) is 10.2. The van der Waals surface area contributed by atoms with Gasteiger partial charge < -0.3 is 15.4 Å². The average Bonchev–Trinajstić information content (AvgIpc) is 2.46. The van der Waals surface area contributed by atoms with Gasteiger partial charge in [-0.25, -0.2) is 4.98 Å². The van der Waals surface area contributed by atoms with E-state index >= 15 is 0 Å². The number of para-hydroxylation sites is 1. The summed E-state index contributed by atoms with van der Waals surface area (Å²) < 4.78 is 5.12. The first kappa shape index (κ1) is 13.1. The summed E-state index contributed by atoms with van der Waals surface area (Å²) in [7, 11) is 1.59. The molecule has 0 bridgehead atoms. The second-order valence-electron chi connectivity index (χ2n) is 4.11. The third kappa shape index (κ3) is 3.13. The third-order valence-electron chi connectivity index (χ3n) is 2.91. The predicted octanol–water partition coefficient (Wildman–Crippen LogP) is 2.09. The molecule has 0 saturated heterocycles. The molecule has 100 valence electrons. The predicted molar refractivity (Wildman–Crippen MR) is 76.2 cm³/mol. The highest BCUT2D eigenvalue weighted by atomic mass is 16.5. The van der Waals surface area contributed by atoms with Crippen LogP contribution in [0.5, 0.6) is 5.88 Å². The van der Waals surface area contributed by atoms with Crippen molar-refractivity contribution in [2.24, 2.45) is 0 Å². The number of hydrogen-bond donors (Lipinski definition) is 1. The molecule has 1 aromatic heterocycles. The number of nitrogens with zero attached hydrogens (tertiary/aromatic N) is 3. The highest BCUT2D eigenvalue weighted by molar-refractivity contribution is 5.48. The molecule has 2 N–H and O–H groups in total. The summed E-state index contributed by atoms with van der Waals surface area (Å²) in [6.07, 6.45) is 1.69. The van der Waals surface area contributed by atoms with Gasteiger partial charge in [0.1, 0.15) is 0 Å². The minimum atomic E-state index is 0.560. The summed E-state index contributed by atoms with van der Waals surface area (Å²) in [5, 5.41) is 0. The van der Waals surface area contributed by atoms with Gasteiger partial charge in [-0.05, 0) is 18.6 Å². The van der Waals surface area contributed by atoms with Crippen molar-refractivity contribution in [1.82, 2.24) is 9.97 Å². The number of hydrogen-bond acceptors (Lipinski definition) is 5. The van der Waals surface area contributed by atoms with Gasteiger partial charge in [-0.15, -0.1) is 0 Å². The zero-order valence-electron chi connectivity index (χ0n) is 11.2. The summed E-state index contributed by atoms with van der Waals surface area (Å²) in [5.41, 5.74) is 7.81. The number of anilines is 2. The zero-order chi connectivity index (χ0) is 13.7. The standard InChI is InChI=1S/C14H18N4O/c1-3-18(10-11-6-4-5-7-12(11)15)14-16-9-8-13(17-14)19-2/h4-9H,3,10,15H2,1-2H3. The Labute approximate surface area is 113 Å². The number of methoxy groups -OCH3 is 1. The van der Waals surface area contributed by atoms with Crippen molar-refractivity contribution in [3.05, 3.63) is 42.1 Å². The Morgan fingerprint density at radius 3 is 2.74 bits per heavy atom. The molecule has 0 amide bonds. The third-order valence-corrected chi connectivity index (χ3v) is 2.91. The van der Waals surface area contributed by atoms with Crippen LogP contribution in [0.15, 0.2) is 36.5 Å². The lowest BCUT2D eigenvalue weighted by atomic mass is 10.2. The molecular formula is C14H18N4O. The molecule has 1 heterocycles. The second kappa shape index (κ2) is 6.04. The zero-order valence-corrected chi connectivity index (χ0v) is 11.2. The van der Waals surface area contributed by atoms with Crippen molar-refractivity contribution in [2.45, 2.75) is 13.5 Å². The van der Waals surface area contributed by atoms with Crippen molar-refractivity contribution in [3.8, 4) is 5.88 Å². The first-order chi connectivity index (χ1) is 9.24. The first-order valence-corrected chi connectivity index (χ1v) is 6.20. The Morgan fingerprint density at radius 2 is 2.05 bits per heavy atom. The van der Waals surface area contributed by atoms with Gasteiger partial charge in [0, 0.05) is 31.0 Å². The van der Waals surface area contributed by atoms with E-state index in [9.17, 15) is 0 Å². The van der Waals surface area contributed by atoms with Crippen LogP contribution in [0, 0.1) is 0 Å². The fourth-order valence-electron chi connectivity index (χ4n) is 1.81. The molecule has 19 heavy (non-hydrogen) atoms. The molecule has 0 spiro atoms. The quantitative estimate of drug-likeness (QED) is 0.832. The molecule has 0 atom stereocenters. The van der Waals surface area contributed by atoms with Crippen molar-refractivity contribution >= 4 is 11.6 Å². The first-order valence-electron chi connectivity index (χ1n) is 6.20. The number of aromatic nitrogens is 2. The number of nitrogen functional groups attached to an aromatic ring is 1. The minimum Gasteiger partial charge on any atom is -0.481 e. The van der Waals surface area contributed by atoms with Crippen LogP contribution in [-0.4, -0.2) is 23.6 Å². The van der Waals surface area contributed by atoms with Crippen molar-refractivity contribution in [3.63, 3.8) is 0 Å². The largest absolute Gasteiger partial charge is 0.481 e. The lowest BCUT2D eigenvalue weighted by Gasteiger charge is -2.21. The van der Waals surface area contributed by atoms with Gasteiger partial charge in [0.2, 0.25) is 11.8 Å². The Hall–Kier alpha value is -2.30. The van der Waals surface area contributed by atoms with Crippen LogP contribution in [0.3, 0.4) is 0 Å². The Morgan fingerprint density at radius 1 is 1.26 bits per heavy atom. The molecule has 2 rings (SSSR count). The van der Waals surface area contributed by atoms with Crippen molar-refractivity contribution in [2.75, 3.05) is 24.3 Å². The molecule has 0 fully saturated rings. The number of rotatable bonds is 5. The molecule has 0 aliphatic heterocycles. The van der Waals surface area contributed by atoms with Gasteiger partial charge in [0.05, 0.1) is 7.11 Å². The molecule has 0 aliphatic carbocycles. The van der Waals surface area contributed by atoms with E-state index in [2.05, 4.69) is 16.9 Å². The van der Waals surface area contributed by atoms with Gasteiger partial charge in [-0.1, -0.05) is 18.2 Å². The average molecular weight is 258 g/mol. The molecule has 0 saturated carbocycles. The summed E-state index contributed by atoms with van der Waals surface area (Å²) in [4.78, 5) is 10.7. The van der Waals surface area contributed by atoms with Crippen LogP contribution in [-0.2, 0) is 6.54 Å². The van der Waals surface area contributed by atoms with E-state index < -0.39 is 0 Å². The molecule has 0 radical (unpaired) electrons. The Kier molecular flexibility index (Phi) is 4.18. The Bertz CT molecular complexity index is 544. The molecule has 5 heteroatoms. The molecule has 2 aromatic rings. The summed E-state index contributed by atoms with van der Waals surface area (Å²) in [6, 6.07) is 9.55. The maximum absolute atomic E-state index is 5.97. The molecule has 1 aromatic carbocycles. The topological polar surface area (TPSA) is 64.3 Å². The van der Waals surface area contributed by atoms with E-state index in [1.165, 1.54) is 0 Å². The fraction of sp³-hybridized carbons (Fsp3) is 0.286. The van der Waals surface area contributed by atoms with Crippen LogP contribution in [0.25, 0.3) is 0 Å². The highest BCUT2D eigenvalue weighted by Crippen LogP contribution is 2.18. The van der Waals surface area contributed by atoms with Gasteiger partial charge in [0.15, 0.2) is 0 Å². The molecular weight excluding hydrogens is 240 g/mol. The maximum Gasteiger partial charge on any atom is 0.228 e. The van der Waals surface area contributed by atoms with Crippen LogP contribution >= 0.6 is 0 Å². The molecule has 0 unspecified atom stereocenters. The van der Waals surface area contributed by atoms with E-state index in [1.807, 2.05) is 29.2 Å². The van der Waals surface area contributed by atoms with Crippen LogP contribution in [0.1, 0.15) is 12.5 Å². The minimum absolute atomic E-state index is 0.560. The Balaban J connectivity index is 2.22. The van der Waals surface area contributed by atoms with E-state index in [0.29, 0.717) is 18.4 Å². The van der Waals surface area contributed by atoms with E-state index in [0.717, 1.165) is 17.8 Å². The SMILES string of the molecule is CCN(Cc1ccccc1N)c1nccc(OC)n1. The lowest BCUT2D eigenvalue weighted by molar-refractivity contribution is 0.396. The summed E-state index contributed by atoms with van der Waals surface area (Å²) >= 11 is 0. The van der Waals surface area contributed by atoms with Crippen LogP contribution in [0.4, 0.5) is 11.6 Å². The summed E-state index contributed by atoms with van der Waals surface area (Å²) in [5.74, 6) is 1.20. The van der Waals surface area contributed by atoms with Crippen LogP contribution < -0.4 is 15.4 Å². The number of benzene rings is 1. The van der Waals surface area contributed by atoms with E-state index in [-0.39, 0.29) is 0 Å². The van der Waals surface area contributed by atoms with Gasteiger partial charge in [0.25, 0.3) is 0 Å². The lowest BCUT2D eigenvalue weighted by Crippen LogP contribution is -2.24. The number of nitrogens with two attached hydrogens (primary N) is 1. The van der Waals surface area contributed by atoms with Gasteiger partial charge in [-0.3, -0.25) is 0 Å². The fourth-order valence-corrected chi connectivity index (χ4v) is 1.81. The van der Waals surface area contributed by atoms with E-state index in [4.69, 9.17) is 10.5 Å². The van der Waals surface area contributed by atoms with Crippen LogP contribution in [0.2, 0.25) is 0 Å². The highest BCUT2D eigenvalue weighted by Gasteiger charge is 2.10. The summed E-state index contributed by atoms with van der Waals surface area (Å²) in [6.45, 7) is 3.53. The molecule has 5 nitrogen and oxygen atoms in total. The van der Waals surface area contributed by atoms with Gasteiger partial charge >= 0.3 is 0 Å². The smallest absolute Gasteiger partial charge is 0.228 e. The van der Waals surface area contributed by atoms with Crippen molar-refractivity contribution < 1.29 is 4.74 Å². The molecule has 0 aliphatic rings. The second-order valence-corrected chi connectivity index (χ2v) is 4.11.